The van der Waals surface area contributed by atoms with E-state index in [2.05, 4.69) is 10.6 Å². The van der Waals surface area contributed by atoms with Gasteiger partial charge in [-0.3, -0.25) is 0 Å². The number of aryl methyl sites for hydroxylation is 1. The number of halogens is 1. The van der Waals surface area contributed by atoms with Crippen LogP contribution in [0, 0.1) is 6.92 Å². The summed E-state index contributed by atoms with van der Waals surface area (Å²) in [7, 11) is 0. The molecule has 1 unspecified atom stereocenters. The molecule has 0 aliphatic heterocycles. The van der Waals surface area contributed by atoms with Crippen LogP contribution >= 0.6 is 11.6 Å². The fourth-order valence-electron chi connectivity index (χ4n) is 1.73. The Morgan fingerprint density at radius 1 is 1.37 bits per heavy atom. The van der Waals surface area contributed by atoms with Gasteiger partial charge < -0.3 is 15.1 Å². The summed E-state index contributed by atoms with van der Waals surface area (Å²) in [6, 6.07) is 8.44. The summed E-state index contributed by atoms with van der Waals surface area (Å²) in [4.78, 5) is 11.9. The summed E-state index contributed by atoms with van der Waals surface area (Å²) in [5.41, 5.74) is 1.64. The van der Waals surface area contributed by atoms with Crippen molar-refractivity contribution in [2.75, 3.05) is 5.32 Å². The Bertz CT molecular complexity index is 567. The second-order valence-corrected chi connectivity index (χ2v) is 4.73. The van der Waals surface area contributed by atoms with E-state index in [0.29, 0.717) is 10.8 Å². The number of benzene rings is 1. The minimum Gasteiger partial charge on any atom is -0.467 e. The van der Waals surface area contributed by atoms with E-state index >= 15 is 0 Å². The number of anilines is 1. The van der Waals surface area contributed by atoms with Crippen molar-refractivity contribution in [3.8, 4) is 0 Å². The van der Waals surface area contributed by atoms with Gasteiger partial charge in [-0.2, -0.15) is 0 Å². The predicted octanol–water partition coefficient (Wildman–Crippen LogP) is 4.12. The Hall–Kier alpha value is -1.94. The minimum atomic E-state index is -0.283. The van der Waals surface area contributed by atoms with Crippen LogP contribution in [-0.2, 0) is 0 Å². The quantitative estimate of drug-likeness (QED) is 0.887. The van der Waals surface area contributed by atoms with Gasteiger partial charge in [0.2, 0.25) is 0 Å². The normalized spacial score (nSPS) is 11.9. The maximum Gasteiger partial charge on any atom is 0.319 e. The number of urea groups is 1. The van der Waals surface area contributed by atoms with Crippen LogP contribution in [-0.4, -0.2) is 6.03 Å². The fourth-order valence-corrected chi connectivity index (χ4v) is 1.96. The van der Waals surface area contributed by atoms with E-state index in [1.54, 1.807) is 30.5 Å². The van der Waals surface area contributed by atoms with Gasteiger partial charge in [-0.25, -0.2) is 4.79 Å². The van der Waals surface area contributed by atoms with Crippen molar-refractivity contribution in [3.63, 3.8) is 0 Å². The molecule has 2 rings (SSSR count). The first-order valence-corrected chi connectivity index (χ1v) is 6.31. The molecule has 100 valence electrons. The van der Waals surface area contributed by atoms with Gasteiger partial charge in [-0.15, -0.1) is 0 Å². The molecular formula is C14H15ClN2O2. The van der Waals surface area contributed by atoms with Crippen molar-refractivity contribution in [1.82, 2.24) is 5.32 Å². The van der Waals surface area contributed by atoms with Crippen LogP contribution in [0.2, 0.25) is 5.02 Å². The van der Waals surface area contributed by atoms with Crippen LogP contribution < -0.4 is 10.6 Å². The van der Waals surface area contributed by atoms with Gasteiger partial charge >= 0.3 is 6.03 Å². The summed E-state index contributed by atoms with van der Waals surface area (Å²) in [6.45, 7) is 3.74. The Morgan fingerprint density at radius 3 is 2.79 bits per heavy atom. The predicted molar refractivity (Wildman–Crippen MR) is 75.5 cm³/mol. The lowest BCUT2D eigenvalue weighted by molar-refractivity contribution is 0.247. The molecule has 0 aliphatic rings. The number of rotatable bonds is 3. The van der Waals surface area contributed by atoms with Crippen molar-refractivity contribution in [3.05, 3.63) is 52.9 Å². The van der Waals surface area contributed by atoms with Gasteiger partial charge in [0, 0.05) is 10.7 Å². The maximum absolute atomic E-state index is 11.9. The van der Waals surface area contributed by atoms with E-state index in [0.717, 1.165) is 11.3 Å². The summed E-state index contributed by atoms with van der Waals surface area (Å²) in [5.74, 6) is 0.711. The number of hydrogen-bond donors (Lipinski definition) is 2. The summed E-state index contributed by atoms with van der Waals surface area (Å²) >= 11 is 5.86. The average molecular weight is 279 g/mol. The number of furan rings is 1. The largest absolute Gasteiger partial charge is 0.467 e. The number of carbonyl (C=O) groups excluding carboxylic acids is 1. The molecule has 0 saturated carbocycles. The molecular weight excluding hydrogens is 264 g/mol. The van der Waals surface area contributed by atoms with Crippen LogP contribution in [0.4, 0.5) is 10.5 Å². The van der Waals surface area contributed by atoms with E-state index in [-0.39, 0.29) is 12.1 Å². The first-order chi connectivity index (χ1) is 9.06. The zero-order valence-electron chi connectivity index (χ0n) is 10.7. The van der Waals surface area contributed by atoms with E-state index in [9.17, 15) is 4.79 Å². The molecule has 5 heteroatoms. The van der Waals surface area contributed by atoms with E-state index in [1.165, 1.54) is 0 Å². The zero-order chi connectivity index (χ0) is 13.8. The molecule has 1 heterocycles. The highest BCUT2D eigenvalue weighted by atomic mass is 35.5. The molecule has 2 N–H and O–H groups in total. The third kappa shape index (κ3) is 3.51. The van der Waals surface area contributed by atoms with Crippen LogP contribution in [0.25, 0.3) is 0 Å². The Balaban J connectivity index is 1.98. The van der Waals surface area contributed by atoms with Crippen molar-refractivity contribution < 1.29 is 9.21 Å². The van der Waals surface area contributed by atoms with Crippen LogP contribution in [0.1, 0.15) is 24.3 Å². The third-order valence-corrected chi connectivity index (χ3v) is 2.99. The molecule has 2 amide bonds. The molecule has 1 atom stereocenters. The van der Waals surface area contributed by atoms with Gasteiger partial charge in [-0.05, 0) is 49.7 Å². The highest BCUT2D eigenvalue weighted by molar-refractivity contribution is 6.30. The second kappa shape index (κ2) is 5.80. The van der Waals surface area contributed by atoms with Crippen molar-refractivity contribution >= 4 is 23.3 Å². The monoisotopic (exact) mass is 278 g/mol. The molecule has 0 saturated heterocycles. The smallest absolute Gasteiger partial charge is 0.319 e. The molecule has 1 aromatic heterocycles. The van der Waals surface area contributed by atoms with Crippen molar-refractivity contribution in [1.29, 1.82) is 0 Å². The number of nitrogens with one attached hydrogen (secondary N) is 2. The molecule has 0 radical (unpaired) electrons. The lowest BCUT2D eigenvalue weighted by Gasteiger charge is -2.13. The Labute approximate surface area is 116 Å². The zero-order valence-corrected chi connectivity index (χ0v) is 11.5. The summed E-state index contributed by atoms with van der Waals surface area (Å²) in [6.07, 6.45) is 1.58. The molecule has 1 aromatic carbocycles. The van der Waals surface area contributed by atoms with Crippen molar-refractivity contribution in [2.24, 2.45) is 0 Å². The number of amides is 2. The van der Waals surface area contributed by atoms with E-state index in [4.69, 9.17) is 16.0 Å². The third-order valence-electron chi connectivity index (χ3n) is 2.75. The molecule has 0 aliphatic carbocycles. The number of hydrogen-bond acceptors (Lipinski definition) is 2. The fraction of sp³-hybridized carbons (Fsp3) is 0.214. The van der Waals surface area contributed by atoms with Crippen LogP contribution in [0.5, 0.6) is 0 Å². The van der Waals surface area contributed by atoms with E-state index in [1.807, 2.05) is 19.9 Å². The second-order valence-electron chi connectivity index (χ2n) is 4.29. The molecule has 0 spiro atoms. The van der Waals surface area contributed by atoms with Crippen molar-refractivity contribution in [2.45, 2.75) is 19.9 Å². The van der Waals surface area contributed by atoms with Gasteiger partial charge in [-0.1, -0.05) is 11.6 Å². The first kappa shape index (κ1) is 13.5. The van der Waals surface area contributed by atoms with Crippen LogP contribution in [0.3, 0.4) is 0 Å². The molecule has 4 nitrogen and oxygen atoms in total. The highest BCUT2D eigenvalue weighted by Gasteiger charge is 2.12. The topological polar surface area (TPSA) is 54.3 Å². The standard InChI is InChI=1S/C14H15ClN2O2/c1-9-8-11(15)5-6-12(9)17-14(18)16-10(2)13-4-3-7-19-13/h3-8,10H,1-2H3,(H2,16,17,18). The summed E-state index contributed by atoms with van der Waals surface area (Å²) < 4.78 is 5.23. The van der Waals surface area contributed by atoms with Gasteiger partial charge in [0.15, 0.2) is 0 Å². The molecule has 0 fully saturated rings. The van der Waals surface area contributed by atoms with Gasteiger partial charge in [0.1, 0.15) is 5.76 Å². The Morgan fingerprint density at radius 2 is 2.16 bits per heavy atom. The minimum absolute atomic E-state index is 0.192. The van der Waals surface area contributed by atoms with Gasteiger partial charge in [0.25, 0.3) is 0 Å². The lowest BCUT2D eigenvalue weighted by atomic mass is 10.2. The lowest BCUT2D eigenvalue weighted by Crippen LogP contribution is -2.31. The average Bonchev–Trinajstić information content (AvgIpc) is 2.86. The molecule has 0 bridgehead atoms. The van der Waals surface area contributed by atoms with E-state index < -0.39 is 0 Å². The molecule has 2 aromatic rings. The highest BCUT2D eigenvalue weighted by Crippen LogP contribution is 2.20. The molecule has 19 heavy (non-hydrogen) atoms. The SMILES string of the molecule is Cc1cc(Cl)ccc1NC(=O)NC(C)c1ccco1. The first-order valence-electron chi connectivity index (χ1n) is 5.93. The Kier molecular flexibility index (Phi) is 4.12. The van der Waals surface area contributed by atoms with Gasteiger partial charge in [0.05, 0.1) is 12.3 Å². The number of carbonyl (C=O) groups is 1. The van der Waals surface area contributed by atoms with Crippen LogP contribution in [0.15, 0.2) is 41.0 Å². The summed E-state index contributed by atoms with van der Waals surface area (Å²) in [5, 5.41) is 6.22. The maximum atomic E-state index is 11.9.